The summed E-state index contributed by atoms with van der Waals surface area (Å²) in [6.45, 7) is 4.52. The highest BCUT2D eigenvalue weighted by Crippen LogP contribution is 2.38. The van der Waals surface area contributed by atoms with Crippen LogP contribution in [0, 0.1) is 0 Å². The second kappa shape index (κ2) is 58.1. The van der Waals surface area contributed by atoms with Crippen molar-refractivity contribution in [2.45, 2.75) is 289 Å². The number of amides is 1. The van der Waals surface area contributed by atoms with Gasteiger partial charge in [-0.2, -0.15) is 0 Å². The number of allylic oxidation sites excluding steroid dienone is 15. The highest BCUT2D eigenvalue weighted by Gasteiger charge is 2.23. The van der Waals surface area contributed by atoms with Gasteiger partial charge in [-0.1, -0.05) is 278 Å². The van der Waals surface area contributed by atoms with Gasteiger partial charge in [0.2, 0.25) is 5.91 Å². The minimum Gasteiger partial charge on any atom is -0.756 e. The molecular weight excluding hydrogens is 972 g/mol. The fourth-order valence-electron chi connectivity index (χ4n) is 9.04. The summed E-state index contributed by atoms with van der Waals surface area (Å²) < 4.78 is 23.4. The Bertz CT molecular complexity index is 1570. The summed E-state index contributed by atoms with van der Waals surface area (Å²) in [5, 5.41) is 13.9. The molecule has 0 aliphatic carbocycles. The lowest BCUT2D eigenvalue weighted by Gasteiger charge is -2.29. The van der Waals surface area contributed by atoms with Gasteiger partial charge in [-0.3, -0.25) is 9.36 Å². The van der Waals surface area contributed by atoms with E-state index in [2.05, 4.69) is 104 Å². The van der Waals surface area contributed by atoms with Crippen molar-refractivity contribution in [1.82, 2.24) is 5.32 Å². The molecule has 77 heavy (non-hydrogen) atoms. The number of nitrogens with one attached hydrogen (secondary N) is 1. The maximum absolute atomic E-state index is 13.0. The van der Waals surface area contributed by atoms with Crippen molar-refractivity contribution in [1.29, 1.82) is 0 Å². The van der Waals surface area contributed by atoms with Crippen molar-refractivity contribution in [3.63, 3.8) is 0 Å². The molecule has 3 atom stereocenters. The van der Waals surface area contributed by atoms with Gasteiger partial charge in [0.25, 0.3) is 7.82 Å². The lowest BCUT2D eigenvalue weighted by Crippen LogP contribution is -2.45. The van der Waals surface area contributed by atoms with E-state index in [4.69, 9.17) is 9.05 Å². The van der Waals surface area contributed by atoms with Gasteiger partial charge < -0.3 is 28.8 Å². The number of rotatable bonds is 58. The predicted molar refractivity (Wildman–Crippen MR) is 334 cm³/mol. The van der Waals surface area contributed by atoms with E-state index in [0.717, 1.165) is 77.0 Å². The molecule has 1 amide bonds. The Morgan fingerprint density at radius 3 is 1.21 bits per heavy atom. The molecule has 8 nitrogen and oxygen atoms in total. The first kappa shape index (κ1) is 74.4. The molecule has 0 aromatic carbocycles. The number of phosphoric acid groups is 1. The summed E-state index contributed by atoms with van der Waals surface area (Å²) in [5.41, 5.74) is 0. The summed E-state index contributed by atoms with van der Waals surface area (Å²) >= 11 is 0. The van der Waals surface area contributed by atoms with Crippen molar-refractivity contribution < 1.29 is 32.9 Å². The molecule has 0 rings (SSSR count). The van der Waals surface area contributed by atoms with Gasteiger partial charge in [-0.15, -0.1) is 0 Å². The number of aliphatic hydroxyl groups excluding tert-OH is 1. The van der Waals surface area contributed by atoms with Crippen LogP contribution in [-0.4, -0.2) is 68.5 Å². The summed E-state index contributed by atoms with van der Waals surface area (Å²) in [7, 11) is 1.23. The van der Waals surface area contributed by atoms with Gasteiger partial charge in [0, 0.05) is 6.42 Å². The van der Waals surface area contributed by atoms with Crippen LogP contribution < -0.4 is 10.2 Å². The zero-order valence-corrected chi connectivity index (χ0v) is 51.8. The molecule has 2 N–H and O–H groups in total. The maximum atomic E-state index is 13.0. The van der Waals surface area contributed by atoms with Crippen molar-refractivity contribution in [3.05, 3.63) is 97.2 Å². The van der Waals surface area contributed by atoms with Crippen molar-refractivity contribution in [2.75, 3.05) is 40.9 Å². The lowest BCUT2D eigenvalue weighted by atomic mass is 10.0. The lowest BCUT2D eigenvalue weighted by molar-refractivity contribution is -0.870. The normalized spacial score (nSPS) is 14.4. The minimum absolute atomic E-state index is 0.0116. The monoisotopic (exact) mass is 1090 g/mol. The Kier molecular flexibility index (Phi) is 56.1. The SMILES string of the molecule is CC/C=C\C/C=C\C/C=C\C/C=C\C/C=C\CCCCCCCCCCCCCCCCCCCC(=O)NC(COP(=O)([O-])OCC[N+](C)(C)C)C(O)/C=C/CC/C=C/CC/C=C/CCCCCCCCCCCCCC. The number of nitrogens with zero attached hydrogens (tertiary/aromatic N) is 1. The highest BCUT2D eigenvalue weighted by molar-refractivity contribution is 7.45. The average molecular weight is 1100 g/mol. The molecule has 0 saturated heterocycles. The third-order valence-corrected chi connectivity index (χ3v) is 15.0. The molecular formula is C68H123N2O6P. The number of carbonyl (C=O) groups is 1. The minimum atomic E-state index is -4.62. The average Bonchev–Trinajstić information content (AvgIpc) is 3.39. The molecule has 0 saturated carbocycles. The molecule has 0 aromatic heterocycles. The number of quaternary nitrogens is 1. The summed E-state index contributed by atoms with van der Waals surface area (Å²) in [5.74, 6) is -0.211. The largest absolute Gasteiger partial charge is 0.756 e. The molecule has 3 unspecified atom stereocenters. The van der Waals surface area contributed by atoms with Gasteiger partial charge in [0.05, 0.1) is 39.9 Å². The standard InChI is InChI=1S/C68H123N2O6P/c1-6-8-10-12-14-16-18-20-22-24-26-28-30-31-32-33-34-35-36-37-38-39-40-42-44-46-48-50-52-54-56-58-60-62-68(72)69-66(65-76-77(73,74)75-64-63-70(3,4)5)67(71)61-59-57-55-53-51-49-47-45-43-41-29-27-25-23-21-19-17-15-13-11-9-7-2/h8,10,14,16,20,22,26,28,31-32,43,45,51,53,59,61,66-67,71H,6-7,9,11-13,15,17-19,21,23-25,27,29-30,33-42,44,46-50,52,54-58,60,62-65H2,1-5H3,(H-,69,72,73,74)/b10-8-,16-14-,22-20-,28-26-,32-31-,45-43+,53-51+,61-59+. The molecule has 0 spiro atoms. The molecule has 446 valence electrons. The number of unbranched alkanes of at least 4 members (excludes halogenated alkanes) is 31. The zero-order chi connectivity index (χ0) is 56.3. The van der Waals surface area contributed by atoms with E-state index in [9.17, 15) is 19.4 Å². The van der Waals surface area contributed by atoms with Gasteiger partial charge in [0.15, 0.2) is 0 Å². The molecule has 0 aliphatic rings. The number of likely N-dealkylation sites (N-methyl/N-ethyl adjacent to an activating group) is 1. The van der Waals surface area contributed by atoms with Crippen LogP contribution in [0.25, 0.3) is 0 Å². The molecule has 0 aromatic rings. The second-order valence-corrected chi connectivity index (χ2v) is 24.1. The van der Waals surface area contributed by atoms with E-state index in [-0.39, 0.29) is 12.5 Å². The molecule has 9 heteroatoms. The van der Waals surface area contributed by atoms with E-state index in [1.165, 1.54) is 180 Å². The summed E-state index contributed by atoms with van der Waals surface area (Å²) in [4.78, 5) is 25.6. The van der Waals surface area contributed by atoms with Crippen LogP contribution in [0.15, 0.2) is 97.2 Å². The Morgan fingerprint density at radius 1 is 0.468 bits per heavy atom. The fraction of sp³-hybridized carbons (Fsp3) is 0.750. The van der Waals surface area contributed by atoms with Crippen LogP contribution in [0.5, 0.6) is 0 Å². The van der Waals surface area contributed by atoms with Gasteiger partial charge in [-0.25, -0.2) is 0 Å². The van der Waals surface area contributed by atoms with Crippen LogP contribution in [0.2, 0.25) is 0 Å². The van der Waals surface area contributed by atoms with Crippen LogP contribution in [0.3, 0.4) is 0 Å². The molecule has 0 radical (unpaired) electrons. The Balaban J connectivity index is 4.15. The van der Waals surface area contributed by atoms with Crippen LogP contribution in [0.4, 0.5) is 0 Å². The predicted octanol–water partition coefficient (Wildman–Crippen LogP) is 19.5. The number of hydrogen-bond acceptors (Lipinski definition) is 6. The first-order chi connectivity index (χ1) is 37.5. The van der Waals surface area contributed by atoms with Crippen LogP contribution >= 0.6 is 7.82 Å². The van der Waals surface area contributed by atoms with Crippen LogP contribution in [0.1, 0.15) is 277 Å². The Hall–Kier alpha value is -2.58. The smallest absolute Gasteiger partial charge is 0.268 e. The fourth-order valence-corrected chi connectivity index (χ4v) is 9.76. The molecule has 0 bridgehead atoms. The van der Waals surface area contributed by atoms with Crippen molar-refractivity contribution in [3.8, 4) is 0 Å². The van der Waals surface area contributed by atoms with Gasteiger partial charge >= 0.3 is 0 Å². The van der Waals surface area contributed by atoms with Gasteiger partial charge in [-0.05, 0) is 89.9 Å². The van der Waals surface area contributed by atoms with Crippen LogP contribution in [-0.2, 0) is 18.4 Å². The van der Waals surface area contributed by atoms with E-state index in [0.29, 0.717) is 17.4 Å². The maximum Gasteiger partial charge on any atom is 0.268 e. The highest BCUT2D eigenvalue weighted by atomic mass is 31.2. The van der Waals surface area contributed by atoms with E-state index in [1.54, 1.807) is 6.08 Å². The summed E-state index contributed by atoms with van der Waals surface area (Å²) in [6.07, 6.45) is 83.7. The van der Waals surface area contributed by atoms with E-state index >= 15 is 0 Å². The molecule has 0 fully saturated rings. The molecule has 0 heterocycles. The van der Waals surface area contributed by atoms with Gasteiger partial charge in [0.1, 0.15) is 13.2 Å². The van der Waals surface area contributed by atoms with E-state index < -0.39 is 26.6 Å². The van der Waals surface area contributed by atoms with Crippen molar-refractivity contribution >= 4 is 13.7 Å². The van der Waals surface area contributed by atoms with Crippen molar-refractivity contribution in [2.24, 2.45) is 0 Å². The number of phosphoric ester groups is 1. The first-order valence-corrected chi connectivity index (χ1v) is 33.6. The Labute approximate surface area is 477 Å². The Morgan fingerprint density at radius 2 is 0.805 bits per heavy atom. The quantitative estimate of drug-likeness (QED) is 0.0272. The molecule has 0 aliphatic heterocycles. The second-order valence-electron chi connectivity index (χ2n) is 22.7. The summed E-state index contributed by atoms with van der Waals surface area (Å²) in [6, 6.07) is -0.915. The topological polar surface area (TPSA) is 108 Å². The number of aliphatic hydroxyl groups is 1. The number of hydrogen-bond donors (Lipinski definition) is 2. The third kappa shape index (κ3) is 60.9. The van der Waals surface area contributed by atoms with E-state index in [1.807, 2.05) is 27.2 Å². The number of carbonyl (C=O) groups excluding carboxylic acids is 1. The first-order valence-electron chi connectivity index (χ1n) is 32.1. The zero-order valence-electron chi connectivity index (χ0n) is 50.9. The third-order valence-electron chi connectivity index (χ3n) is 14.0.